The molecule has 0 spiro atoms. The molecule has 0 saturated carbocycles. The second-order valence-electron chi connectivity index (χ2n) is 6.96. The second-order valence-corrected chi connectivity index (χ2v) is 7.91. The predicted octanol–water partition coefficient (Wildman–Crippen LogP) is 3.14. The third-order valence-electron chi connectivity index (χ3n) is 4.98. The molecule has 6 heteroatoms. The van der Waals surface area contributed by atoms with Crippen molar-refractivity contribution in [2.24, 2.45) is 5.73 Å². The van der Waals surface area contributed by atoms with Crippen molar-refractivity contribution in [2.45, 2.75) is 25.9 Å². The van der Waals surface area contributed by atoms with E-state index in [1.54, 1.807) is 5.38 Å². The number of hydrogen-bond acceptors (Lipinski definition) is 5. The Bertz CT molecular complexity index is 951. The number of fused-ring (bicyclic) bond motifs is 1. The van der Waals surface area contributed by atoms with Gasteiger partial charge in [0.15, 0.2) is 0 Å². The van der Waals surface area contributed by atoms with Crippen LogP contribution in [0.25, 0.3) is 0 Å². The van der Waals surface area contributed by atoms with E-state index in [1.807, 2.05) is 0 Å². The van der Waals surface area contributed by atoms with Gasteiger partial charge in [0, 0.05) is 37.1 Å². The molecule has 0 saturated heterocycles. The van der Waals surface area contributed by atoms with Gasteiger partial charge in [0.05, 0.1) is 5.01 Å². The summed E-state index contributed by atoms with van der Waals surface area (Å²) >= 11 is 1.48. The molecule has 3 N–H and O–H groups in total. The number of thiazole rings is 1. The number of amides is 1. The third-order valence-corrected chi connectivity index (χ3v) is 5.88. The molecule has 1 aliphatic heterocycles. The van der Waals surface area contributed by atoms with Crippen LogP contribution in [0.3, 0.4) is 0 Å². The van der Waals surface area contributed by atoms with Gasteiger partial charge in [0.25, 0.3) is 5.91 Å². The van der Waals surface area contributed by atoms with Gasteiger partial charge in [0.2, 0.25) is 0 Å². The lowest BCUT2D eigenvalue weighted by Gasteiger charge is -2.19. The van der Waals surface area contributed by atoms with Crippen molar-refractivity contribution in [2.75, 3.05) is 18.0 Å². The molecular formula is C22H24N4OS. The first-order valence-electron chi connectivity index (χ1n) is 9.56. The van der Waals surface area contributed by atoms with E-state index in [0.29, 0.717) is 25.2 Å². The number of nitrogens with two attached hydrogens (primary N) is 1. The fraction of sp³-hybridized carbons (Fsp3) is 0.273. The highest BCUT2D eigenvalue weighted by Gasteiger charge is 2.18. The van der Waals surface area contributed by atoms with Gasteiger partial charge >= 0.3 is 0 Å². The average Bonchev–Trinajstić information content (AvgIpc) is 3.35. The summed E-state index contributed by atoms with van der Waals surface area (Å²) in [5.41, 5.74) is 11.1. The monoisotopic (exact) mass is 392 g/mol. The molecule has 5 nitrogen and oxygen atoms in total. The Labute approximate surface area is 169 Å². The van der Waals surface area contributed by atoms with Crippen LogP contribution in [0.2, 0.25) is 0 Å². The Kier molecular flexibility index (Phi) is 5.69. The van der Waals surface area contributed by atoms with Crippen molar-refractivity contribution in [3.8, 4) is 0 Å². The molecule has 28 heavy (non-hydrogen) atoms. The van der Waals surface area contributed by atoms with Gasteiger partial charge in [-0.2, -0.15) is 0 Å². The Hall–Kier alpha value is -2.70. The minimum atomic E-state index is -0.141. The van der Waals surface area contributed by atoms with Gasteiger partial charge in [0.1, 0.15) is 5.69 Å². The summed E-state index contributed by atoms with van der Waals surface area (Å²) in [6.45, 7) is 3.02. The van der Waals surface area contributed by atoms with Crippen LogP contribution in [0, 0.1) is 0 Å². The van der Waals surface area contributed by atoms with Gasteiger partial charge < -0.3 is 16.0 Å². The smallest absolute Gasteiger partial charge is 0.271 e. The zero-order valence-corrected chi connectivity index (χ0v) is 16.5. The number of carbonyl (C=O) groups is 1. The summed E-state index contributed by atoms with van der Waals surface area (Å²) in [5.74, 6) is -0.141. The van der Waals surface area contributed by atoms with E-state index < -0.39 is 0 Å². The molecule has 0 aliphatic carbocycles. The summed E-state index contributed by atoms with van der Waals surface area (Å²) in [7, 11) is 0. The number of aromatic nitrogens is 1. The van der Waals surface area contributed by atoms with E-state index in [1.165, 1.54) is 28.2 Å². The van der Waals surface area contributed by atoms with Crippen LogP contribution in [0.15, 0.2) is 53.9 Å². The van der Waals surface area contributed by atoms with Crippen molar-refractivity contribution < 1.29 is 4.79 Å². The quantitative estimate of drug-likeness (QED) is 0.648. The Morgan fingerprint density at radius 2 is 1.93 bits per heavy atom. The van der Waals surface area contributed by atoms with E-state index in [9.17, 15) is 4.79 Å². The van der Waals surface area contributed by atoms with Crippen molar-refractivity contribution in [1.82, 2.24) is 10.3 Å². The average molecular weight is 393 g/mol. The van der Waals surface area contributed by atoms with Crippen LogP contribution in [-0.4, -0.2) is 24.0 Å². The fourth-order valence-corrected chi connectivity index (χ4v) is 4.27. The van der Waals surface area contributed by atoms with Gasteiger partial charge in [-0.15, -0.1) is 11.3 Å². The van der Waals surface area contributed by atoms with Gasteiger partial charge in [-0.25, -0.2) is 4.98 Å². The molecule has 0 bridgehead atoms. The van der Waals surface area contributed by atoms with Crippen molar-refractivity contribution in [3.63, 3.8) is 0 Å². The van der Waals surface area contributed by atoms with Crippen LogP contribution in [0.1, 0.15) is 32.2 Å². The maximum Gasteiger partial charge on any atom is 0.271 e. The van der Waals surface area contributed by atoms with E-state index in [0.717, 1.165) is 30.1 Å². The lowest BCUT2D eigenvalue weighted by Crippen LogP contribution is -2.23. The van der Waals surface area contributed by atoms with E-state index in [-0.39, 0.29) is 5.91 Å². The van der Waals surface area contributed by atoms with Crippen LogP contribution < -0.4 is 16.0 Å². The number of carbonyl (C=O) groups excluding carboxylic acids is 1. The molecule has 1 aromatic heterocycles. The number of nitrogens with zero attached hydrogens (tertiary/aromatic N) is 2. The first-order chi connectivity index (χ1) is 13.7. The third kappa shape index (κ3) is 4.24. The molecule has 1 amide bonds. The first kappa shape index (κ1) is 18.7. The van der Waals surface area contributed by atoms with Crippen molar-refractivity contribution >= 4 is 22.9 Å². The number of nitrogens with one attached hydrogen (secondary N) is 1. The molecule has 144 valence electrons. The maximum atomic E-state index is 12.2. The number of anilines is 1. The normalized spacial score (nSPS) is 12.8. The van der Waals surface area contributed by atoms with Crippen LogP contribution in [-0.2, 0) is 25.9 Å². The molecule has 0 atom stereocenters. The standard InChI is InChI=1S/C22H24N4OS/c23-11-9-21-25-19(15-28-21)22(27)24-13-16-5-7-17(8-6-16)14-26-12-10-18-3-1-2-4-20(18)26/h1-8,15H,9-14,23H2,(H,24,27). The number of hydrogen-bond donors (Lipinski definition) is 2. The maximum absolute atomic E-state index is 12.2. The van der Waals surface area contributed by atoms with E-state index in [4.69, 9.17) is 5.73 Å². The minimum Gasteiger partial charge on any atom is -0.367 e. The number of para-hydroxylation sites is 1. The summed E-state index contributed by atoms with van der Waals surface area (Å²) in [6.07, 6.45) is 1.82. The second kappa shape index (κ2) is 8.54. The molecule has 2 heterocycles. The molecular weight excluding hydrogens is 368 g/mol. The lowest BCUT2D eigenvalue weighted by molar-refractivity contribution is 0.0946. The summed E-state index contributed by atoms with van der Waals surface area (Å²) < 4.78 is 0. The summed E-state index contributed by atoms with van der Waals surface area (Å²) in [5, 5.41) is 5.63. The lowest BCUT2D eigenvalue weighted by atomic mass is 10.1. The molecule has 0 fully saturated rings. The SMILES string of the molecule is NCCc1nc(C(=O)NCc2ccc(CN3CCc4ccccc43)cc2)cs1. The Morgan fingerprint density at radius 3 is 2.75 bits per heavy atom. The highest BCUT2D eigenvalue weighted by molar-refractivity contribution is 7.09. The molecule has 2 aromatic carbocycles. The summed E-state index contributed by atoms with van der Waals surface area (Å²) in [4.78, 5) is 19.0. The number of rotatable bonds is 7. The van der Waals surface area contributed by atoms with E-state index >= 15 is 0 Å². The molecule has 4 rings (SSSR count). The van der Waals surface area contributed by atoms with Gasteiger partial charge in [-0.1, -0.05) is 42.5 Å². The number of benzene rings is 2. The molecule has 0 radical (unpaired) electrons. The van der Waals surface area contributed by atoms with E-state index in [2.05, 4.69) is 63.7 Å². The Balaban J connectivity index is 1.32. The van der Waals surface area contributed by atoms with Crippen molar-refractivity contribution in [3.05, 3.63) is 81.3 Å². The topological polar surface area (TPSA) is 71.2 Å². The first-order valence-corrected chi connectivity index (χ1v) is 10.4. The van der Waals surface area contributed by atoms with Gasteiger partial charge in [-0.3, -0.25) is 4.79 Å². The fourth-order valence-electron chi connectivity index (χ4n) is 3.48. The molecule has 1 aliphatic rings. The van der Waals surface area contributed by atoms with Crippen LogP contribution in [0.4, 0.5) is 5.69 Å². The minimum absolute atomic E-state index is 0.141. The molecule has 3 aromatic rings. The zero-order chi connectivity index (χ0) is 19.3. The van der Waals surface area contributed by atoms with Crippen LogP contribution >= 0.6 is 11.3 Å². The Morgan fingerprint density at radius 1 is 1.14 bits per heavy atom. The highest BCUT2D eigenvalue weighted by Crippen LogP contribution is 2.28. The van der Waals surface area contributed by atoms with Crippen LogP contribution in [0.5, 0.6) is 0 Å². The predicted molar refractivity (Wildman–Crippen MR) is 114 cm³/mol. The molecule has 0 unspecified atom stereocenters. The highest BCUT2D eigenvalue weighted by atomic mass is 32.1. The largest absolute Gasteiger partial charge is 0.367 e. The summed E-state index contributed by atoms with van der Waals surface area (Å²) in [6, 6.07) is 17.1. The van der Waals surface area contributed by atoms with Crippen molar-refractivity contribution in [1.29, 1.82) is 0 Å². The zero-order valence-electron chi connectivity index (χ0n) is 15.7. The van der Waals surface area contributed by atoms with Gasteiger partial charge in [-0.05, 0) is 35.7 Å².